The van der Waals surface area contributed by atoms with Gasteiger partial charge in [-0.1, -0.05) is 34.7 Å². The van der Waals surface area contributed by atoms with Crippen LogP contribution in [0.5, 0.6) is 0 Å². The minimum atomic E-state index is -0.938. The molecule has 6 aromatic heterocycles. The van der Waals surface area contributed by atoms with E-state index in [4.69, 9.17) is 20.9 Å². The molecule has 1 aromatic carbocycles. The average molecular weight is 771 g/mol. The van der Waals surface area contributed by atoms with Crippen molar-refractivity contribution in [2.24, 2.45) is 0 Å². The molecule has 0 saturated carbocycles. The second-order valence-electron chi connectivity index (χ2n) is 13.5. The first-order chi connectivity index (χ1) is 27.1. The summed E-state index contributed by atoms with van der Waals surface area (Å²) in [5.74, 6) is -0.250. The van der Waals surface area contributed by atoms with Crippen LogP contribution in [-0.2, 0) is 22.6 Å². The summed E-state index contributed by atoms with van der Waals surface area (Å²) < 4.78 is 17.4. The van der Waals surface area contributed by atoms with E-state index in [9.17, 15) is 30.0 Å². The van der Waals surface area contributed by atoms with Crippen LogP contribution in [0.2, 0.25) is 0 Å². The zero-order valence-corrected chi connectivity index (χ0v) is 29.1. The van der Waals surface area contributed by atoms with Gasteiger partial charge in [-0.2, -0.15) is 20.2 Å². The van der Waals surface area contributed by atoms with Crippen molar-refractivity contribution >= 4 is 34.0 Å². The van der Waals surface area contributed by atoms with E-state index in [0.29, 0.717) is 24.5 Å². The lowest BCUT2D eigenvalue weighted by molar-refractivity contribution is -0.0469. The highest BCUT2D eigenvalue weighted by molar-refractivity contribution is 5.90. The molecule has 0 bridgehead atoms. The van der Waals surface area contributed by atoms with Gasteiger partial charge in [0.1, 0.15) is 45.8 Å². The number of aromatic nitrogens is 14. The van der Waals surface area contributed by atoms with Crippen LogP contribution in [-0.4, -0.2) is 128 Å². The highest BCUT2D eigenvalue weighted by Crippen LogP contribution is 2.34. The van der Waals surface area contributed by atoms with Crippen LogP contribution in [0.1, 0.15) is 36.4 Å². The van der Waals surface area contributed by atoms with E-state index < -0.39 is 61.2 Å². The van der Waals surface area contributed by atoms with E-state index in [-0.39, 0.29) is 58.2 Å². The number of nitrogens with one attached hydrogen (secondary N) is 2. The normalized spacial score (nSPS) is 22.6. The predicted octanol–water partition coefficient (Wildman–Crippen LogP) is -2.39. The summed E-state index contributed by atoms with van der Waals surface area (Å²) in [5, 5.41) is 66.1. The summed E-state index contributed by atoms with van der Waals surface area (Å²) in [7, 11) is 0. The Morgan fingerprint density at radius 3 is 1.48 bits per heavy atom. The van der Waals surface area contributed by atoms with Crippen molar-refractivity contribution in [3.05, 3.63) is 68.5 Å². The van der Waals surface area contributed by atoms with Crippen LogP contribution in [0.25, 0.3) is 44.8 Å². The Morgan fingerprint density at radius 2 is 1.11 bits per heavy atom. The van der Waals surface area contributed by atoms with E-state index in [0.717, 1.165) is 11.1 Å². The largest absolute Gasteiger partial charge is 0.394 e. The van der Waals surface area contributed by atoms with Crippen LogP contribution >= 0.6 is 0 Å². The van der Waals surface area contributed by atoms with Crippen molar-refractivity contribution in [1.82, 2.24) is 69.5 Å². The second-order valence-corrected chi connectivity index (χ2v) is 13.5. The lowest BCUT2D eigenvalue weighted by atomic mass is 10.1. The number of aromatic amines is 2. The number of nitrogen functional groups attached to an aromatic ring is 2. The van der Waals surface area contributed by atoms with Crippen molar-refractivity contribution in [3.8, 4) is 22.8 Å². The van der Waals surface area contributed by atoms with Gasteiger partial charge in [-0.15, -0.1) is 10.2 Å². The van der Waals surface area contributed by atoms with Crippen LogP contribution in [0.3, 0.4) is 0 Å². The molecule has 6 atom stereocenters. The maximum Gasteiger partial charge on any atom is 0.264 e. The Hall–Kier alpha value is -6.44. The van der Waals surface area contributed by atoms with Gasteiger partial charge in [-0.3, -0.25) is 19.6 Å². The van der Waals surface area contributed by atoms with E-state index in [1.165, 1.54) is 9.36 Å². The Balaban J connectivity index is 0.924. The minimum absolute atomic E-state index is 0.115. The van der Waals surface area contributed by atoms with Gasteiger partial charge in [0.2, 0.25) is 11.9 Å². The first-order valence-corrected chi connectivity index (χ1v) is 17.4. The minimum Gasteiger partial charge on any atom is -0.394 e. The standard InChI is InChI=1S/C32H34N16O8/c33-31-35-27-23(29(53)37-31)25(41-47(27)21-5-17(51)19(11-49)55-21)15-9-45(43-39-15)7-13-1-2-14(4-3-13)8-46-10-16(40-44-46)26-24-28(36-32(34)38-30(24)54)48(42-26)22-6-18(52)20(12-50)56-22/h1-4,9-10,17-22,49-52H,5-8,11-12H2,(H3,33,35,37,53)(H3,34,36,38,54)/t17-,18-,19+,20+,21+,22+/m0/s1. The monoisotopic (exact) mass is 770 g/mol. The summed E-state index contributed by atoms with van der Waals surface area (Å²) >= 11 is 0. The predicted molar refractivity (Wildman–Crippen MR) is 191 cm³/mol. The number of benzene rings is 1. The van der Waals surface area contributed by atoms with Crippen molar-refractivity contribution in [2.75, 3.05) is 24.7 Å². The topological polar surface area (TPSA) is 340 Å². The zero-order chi connectivity index (χ0) is 38.8. The van der Waals surface area contributed by atoms with E-state index in [2.05, 4.69) is 50.8 Å². The molecule has 2 saturated heterocycles. The SMILES string of the molecule is Nc1nc2c(c(-c3cn(Cc4ccc(Cn5cc(-c6nn([C@H]7C[C@H](O)[C@@H](CO)O7)c7nc(N)[nH]c(=O)c67)nn5)cc4)nn3)nn2[C@H]2C[C@H](O)[C@@H](CO)O2)c(=O)[nH]1. The van der Waals surface area contributed by atoms with Crippen molar-refractivity contribution in [2.45, 2.75) is 62.8 Å². The molecule has 8 heterocycles. The number of H-pyrrole nitrogens is 2. The number of nitrogens with two attached hydrogens (primary N) is 2. The van der Waals surface area contributed by atoms with Gasteiger partial charge < -0.3 is 41.4 Å². The van der Waals surface area contributed by atoms with Crippen molar-refractivity contribution < 1.29 is 29.9 Å². The average Bonchev–Trinajstić information content (AvgIpc) is 4.02. The third-order valence-electron chi connectivity index (χ3n) is 9.75. The number of nitrogens with zero attached hydrogens (tertiary/aromatic N) is 12. The molecule has 24 nitrogen and oxygen atoms in total. The van der Waals surface area contributed by atoms with Gasteiger partial charge >= 0.3 is 0 Å². The molecule has 9 rings (SSSR count). The van der Waals surface area contributed by atoms with Crippen molar-refractivity contribution in [1.29, 1.82) is 0 Å². The maximum absolute atomic E-state index is 13.0. The van der Waals surface area contributed by atoms with Gasteiger partial charge in [0.25, 0.3) is 11.1 Å². The smallest absolute Gasteiger partial charge is 0.264 e. The third kappa shape index (κ3) is 6.14. The van der Waals surface area contributed by atoms with Crippen LogP contribution in [0.15, 0.2) is 46.2 Å². The summed E-state index contributed by atoms with van der Waals surface area (Å²) in [4.78, 5) is 39.5. The number of aliphatic hydroxyl groups is 4. The zero-order valence-electron chi connectivity index (χ0n) is 29.1. The highest BCUT2D eigenvalue weighted by Gasteiger charge is 2.38. The summed E-state index contributed by atoms with van der Waals surface area (Å²) in [6.07, 6.45) is -1.62. The molecule has 2 aliphatic rings. The Kier molecular flexibility index (Phi) is 8.63. The fourth-order valence-electron chi connectivity index (χ4n) is 7.04. The molecule has 0 radical (unpaired) electrons. The second kappa shape index (κ2) is 13.7. The molecular weight excluding hydrogens is 736 g/mol. The molecular formula is C32H34N16O8. The number of anilines is 2. The molecule has 290 valence electrons. The number of hydrogen-bond donors (Lipinski definition) is 8. The van der Waals surface area contributed by atoms with Crippen LogP contribution < -0.4 is 22.6 Å². The van der Waals surface area contributed by atoms with E-state index >= 15 is 0 Å². The fourth-order valence-corrected chi connectivity index (χ4v) is 7.04. The highest BCUT2D eigenvalue weighted by atomic mass is 16.5. The molecule has 0 amide bonds. The number of rotatable bonds is 10. The van der Waals surface area contributed by atoms with Gasteiger partial charge in [0, 0.05) is 12.8 Å². The molecule has 10 N–H and O–H groups in total. The Morgan fingerprint density at radius 1 is 0.696 bits per heavy atom. The molecule has 56 heavy (non-hydrogen) atoms. The fraction of sp³-hybridized carbons (Fsp3) is 0.375. The Bertz CT molecular complexity index is 2510. The maximum atomic E-state index is 13.0. The van der Waals surface area contributed by atoms with Gasteiger partial charge in [0.05, 0.1) is 50.9 Å². The molecule has 2 fully saturated rings. The number of hydrogen-bond acceptors (Lipinski definition) is 18. The molecule has 2 aliphatic heterocycles. The summed E-state index contributed by atoms with van der Waals surface area (Å²) in [6.45, 7) is -0.115. The number of fused-ring (bicyclic) bond motifs is 2. The van der Waals surface area contributed by atoms with Crippen LogP contribution in [0.4, 0.5) is 11.9 Å². The van der Waals surface area contributed by atoms with E-state index in [1.807, 2.05) is 24.3 Å². The summed E-state index contributed by atoms with van der Waals surface area (Å²) in [6, 6.07) is 7.65. The van der Waals surface area contributed by atoms with Gasteiger partial charge in [0.15, 0.2) is 23.8 Å². The lowest BCUT2D eigenvalue weighted by Crippen LogP contribution is -2.24. The first kappa shape index (κ1) is 35.3. The van der Waals surface area contributed by atoms with Crippen molar-refractivity contribution in [3.63, 3.8) is 0 Å². The Labute approximate surface area is 311 Å². The molecule has 0 aliphatic carbocycles. The lowest BCUT2D eigenvalue weighted by Gasteiger charge is -2.12. The third-order valence-corrected chi connectivity index (χ3v) is 9.75. The summed E-state index contributed by atoms with van der Waals surface area (Å²) in [5.41, 5.74) is 13.6. The van der Waals surface area contributed by atoms with Crippen LogP contribution in [0, 0.1) is 0 Å². The first-order valence-electron chi connectivity index (χ1n) is 17.4. The molecule has 24 heteroatoms. The van der Waals surface area contributed by atoms with E-state index in [1.54, 1.807) is 21.8 Å². The molecule has 0 unspecified atom stereocenters. The quantitative estimate of drug-likeness (QED) is 0.0719. The number of aliphatic hydroxyl groups excluding tert-OH is 4. The number of ether oxygens (including phenoxy) is 2. The molecule has 7 aromatic rings. The van der Waals surface area contributed by atoms with Gasteiger partial charge in [-0.25, -0.2) is 18.7 Å². The molecule has 0 spiro atoms. The van der Waals surface area contributed by atoms with Gasteiger partial charge in [-0.05, 0) is 11.1 Å².